The Balaban J connectivity index is 1.24. The zero-order valence-corrected chi connectivity index (χ0v) is 25.8. The lowest BCUT2D eigenvalue weighted by Crippen LogP contribution is -2.50. The lowest BCUT2D eigenvalue weighted by molar-refractivity contribution is -0.137. The Morgan fingerprint density at radius 2 is 1.90 bits per heavy atom. The molecule has 3 aliphatic heterocycles. The molecule has 6 heterocycles. The largest absolute Gasteiger partial charge is 0.505 e. The van der Waals surface area contributed by atoms with Crippen molar-refractivity contribution in [2.75, 3.05) is 49.6 Å². The van der Waals surface area contributed by atoms with Crippen LogP contribution in [-0.2, 0) is 22.1 Å². The predicted octanol–water partition coefficient (Wildman–Crippen LogP) is 3.21. The van der Waals surface area contributed by atoms with Crippen LogP contribution in [0.3, 0.4) is 0 Å². The number of carbonyl (C=O) groups excluding carboxylic acids is 2. The van der Waals surface area contributed by atoms with Gasteiger partial charge in [-0.1, -0.05) is 6.08 Å². The molecule has 0 radical (unpaired) electrons. The van der Waals surface area contributed by atoms with E-state index in [1.54, 1.807) is 9.47 Å². The number of fused-ring (bicyclic) bond motifs is 3. The molecule has 3 aliphatic rings. The van der Waals surface area contributed by atoms with Crippen LogP contribution in [0.4, 0.5) is 24.5 Å². The van der Waals surface area contributed by atoms with E-state index in [0.717, 1.165) is 17.7 Å². The number of hydrogen-bond acceptors (Lipinski definition) is 9. The second-order valence-corrected chi connectivity index (χ2v) is 11.9. The van der Waals surface area contributed by atoms with Crippen molar-refractivity contribution in [3.8, 4) is 5.75 Å². The maximum absolute atomic E-state index is 14.1. The highest BCUT2D eigenvalue weighted by Gasteiger charge is 2.38. The average molecular weight is 665 g/mol. The summed E-state index contributed by atoms with van der Waals surface area (Å²) in [6.45, 7) is 3.42. The Morgan fingerprint density at radius 1 is 1.10 bits per heavy atom. The first-order valence-electron chi connectivity index (χ1n) is 15.5. The molecule has 48 heavy (non-hydrogen) atoms. The number of rotatable bonds is 5. The van der Waals surface area contributed by atoms with Crippen LogP contribution in [0.1, 0.15) is 52.0 Å². The van der Waals surface area contributed by atoms with E-state index in [0.29, 0.717) is 62.8 Å². The van der Waals surface area contributed by atoms with Gasteiger partial charge in [-0.2, -0.15) is 22.7 Å². The number of anilines is 2. The zero-order chi connectivity index (χ0) is 33.7. The summed E-state index contributed by atoms with van der Waals surface area (Å²) in [4.78, 5) is 53.2. The van der Waals surface area contributed by atoms with Gasteiger partial charge in [-0.3, -0.25) is 19.0 Å². The van der Waals surface area contributed by atoms with Crippen LogP contribution in [0.25, 0.3) is 11.4 Å². The normalized spacial score (nSPS) is 18.2. The monoisotopic (exact) mass is 664 g/mol. The molecular weight excluding hydrogens is 633 g/mol. The third kappa shape index (κ3) is 5.55. The van der Waals surface area contributed by atoms with E-state index >= 15 is 0 Å². The number of carbonyl (C=O) groups is 2. The fourth-order valence-electron chi connectivity index (χ4n) is 6.50. The van der Waals surface area contributed by atoms with Crippen molar-refractivity contribution in [1.29, 1.82) is 0 Å². The molecule has 3 aromatic heterocycles. The number of ether oxygens (including phenoxy) is 1. The van der Waals surface area contributed by atoms with Gasteiger partial charge in [0.1, 0.15) is 17.5 Å². The Morgan fingerprint density at radius 3 is 2.58 bits per heavy atom. The van der Waals surface area contributed by atoms with Gasteiger partial charge in [0.25, 0.3) is 11.5 Å². The van der Waals surface area contributed by atoms with Gasteiger partial charge in [0.15, 0.2) is 11.5 Å². The molecular formula is C32H31F3N8O5. The molecule has 0 bridgehead atoms. The number of alkyl halides is 3. The van der Waals surface area contributed by atoms with Crippen molar-refractivity contribution in [3.05, 3.63) is 81.3 Å². The molecule has 7 rings (SSSR count). The molecule has 0 saturated carbocycles. The van der Waals surface area contributed by atoms with E-state index in [1.165, 1.54) is 35.8 Å². The van der Waals surface area contributed by atoms with Gasteiger partial charge in [-0.05, 0) is 67.7 Å². The molecule has 1 atom stereocenters. The number of hydrogen-bond donors (Lipinski definition) is 2. The maximum Gasteiger partial charge on any atom is 0.416 e. The molecule has 2 amide bonds. The average Bonchev–Trinajstić information content (AvgIpc) is 3.72. The van der Waals surface area contributed by atoms with E-state index in [2.05, 4.69) is 15.4 Å². The molecule has 2 N–H and O–H groups in total. The van der Waals surface area contributed by atoms with E-state index < -0.39 is 35.2 Å². The number of benzene rings is 1. The minimum absolute atomic E-state index is 0.0527. The zero-order valence-electron chi connectivity index (χ0n) is 25.8. The minimum atomic E-state index is -4.52. The lowest BCUT2D eigenvalue weighted by atomic mass is 10.1. The Labute approximate surface area is 271 Å². The van der Waals surface area contributed by atoms with Gasteiger partial charge in [0.05, 0.1) is 24.5 Å². The number of aromatic hydroxyl groups is 1. The molecule has 1 fully saturated rings. The summed E-state index contributed by atoms with van der Waals surface area (Å²) in [5, 5.41) is 17.5. The maximum atomic E-state index is 14.1. The molecule has 1 saturated heterocycles. The molecule has 0 aliphatic carbocycles. The number of piperazine rings is 1. The summed E-state index contributed by atoms with van der Waals surface area (Å²) in [5.41, 5.74) is 0.951. The third-order valence-electron chi connectivity index (χ3n) is 8.97. The minimum Gasteiger partial charge on any atom is -0.505 e. The van der Waals surface area contributed by atoms with Crippen LogP contribution in [-0.4, -0.2) is 85.4 Å². The van der Waals surface area contributed by atoms with Crippen LogP contribution in [0.2, 0.25) is 0 Å². The van der Waals surface area contributed by atoms with Gasteiger partial charge >= 0.3 is 6.18 Å². The first-order valence-corrected chi connectivity index (χ1v) is 15.5. The highest BCUT2D eigenvalue weighted by atomic mass is 19.4. The number of halogens is 3. The highest BCUT2D eigenvalue weighted by Crippen LogP contribution is 2.36. The van der Waals surface area contributed by atoms with E-state index in [1.807, 2.05) is 11.0 Å². The van der Waals surface area contributed by atoms with Gasteiger partial charge < -0.3 is 25.0 Å². The molecule has 1 aromatic carbocycles. The summed E-state index contributed by atoms with van der Waals surface area (Å²) in [6, 6.07) is 5.22. The number of aromatic nitrogens is 5. The molecule has 250 valence electrons. The van der Waals surface area contributed by atoms with Crippen molar-refractivity contribution in [1.82, 2.24) is 29.0 Å². The lowest BCUT2D eigenvalue weighted by Gasteiger charge is -2.36. The molecule has 0 unspecified atom stereocenters. The van der Waals surface area contributed by atoms with Gasteiger partial charge in [0.2, 0.25) is 11.7 Å². The van der Waals surface area contributed by atoms with Gasteiger partial charge in [0, 0.05) is 38.1 Å². The van der Waals surface area contributed by atoms with Crippen molar-refractivity contribution in [3.63, 3.8) is 0 Å². The van der Waals surface area contributed by atoms with Crippen LogP contribution in [0.15, 0.2) is 47.4 Å². The summed E-state index contributed by atoms with van der Waals surface area (Å²) < 4.78 is 48.1. The molecule has 13 nitrogen and oxygen atoms in total. The fourth-order valence-corrected chi connectivity index (χ4v) is 6.50. The Kier molecular flexibility index (Phi) is 7.89. The van der Waals surface area contributed by atoms with Crippen LogP contribution >= 0.6 is 0 Å². The number of nitrogens with zero attached hydrogens (tertiary/aromatic N) is 7. The summed E-state index contributed by atoms with van der Waals surface area (Å²) in [6.07, 6.45) is -0.0310. The summed E-state index contributed by atoms with van der Waals surface area (Å²) in [7, 11) is 0. The summed E-state index contributed by atoms with van der Waals surface area (Å²) >= 11 is 0. The summed E-state index contributed by atoms with van der Waals surface area (Å²) in [5.74, 6) is -0.580. The first kappa shape index (κ1) is 31.4. The Bertz CT molecular complexity index is 2030. The van der Waals surface area contributed by atoms with Crippen molar-refractivity contribution in [2.24, 2.45) is 0 Å². The van der Waals surface area contributed by atoms with Crippen molar-refractivity contribution >= 4 is 34.5 Å². The number of aryl methyl sites for hydroxylation is 1. The fraction of sp³-hybridized carbons (Fsp3) is 0.375. The second kappa shape index (κ2) is 12.1. The smallest absolute Gasteiger partial charge is 0.416 e. The van der Waals surface area contributed by atoms with Crippen molar-refractivity contribution in [2.45, 2.75) is 38.4 Å². The highest BCUT2D eigenvalue weighted by molar-refractivity contribution is 5.96. The Hall–Kier alpha value is -5.25. The molecule has 0 spiro atoms. The van der Waals surface area contributed by atoms with Crippen LogP contribution in [0.5, 0.6) is 5.75 Å². The van der Waals surface area contributed by atoms with Gasteiger partial charge in [-0.25, -0.2) is 4.98 Å². The quantitative estimate of drug-likeness (QED) is 0.328. The van der Waals surface area contributed by atoms with E-state index in [-0.39, 0.29) is 41.6 Å². The third-order valence-corrected chi connectivity index (χ3v) is 8.97. The topological polar surface area (TPSA) is 147 Å². The van der Waals surface area contributed by atoms with Crippen molar-refractivity contribution < 1.29 is 32.6 Å². The number of amides is 2. The molecule has 16 heteroatoms. The SMILES string of the molecule is Cc1cc(C(F)(F)F)ccc1NC(=O)[C@H]1CCc2c(N3CCN(C(=O)c4ncccc4O)CC3)c(=O)n3nc(C4=CCOCC4)nc3n21. The second-order valence-electron chi connectivity index (χ2n) is 11.9. The number of nitrogens with one attached hydrogen (secondary N) is 1. The first-order chi connectivity index (χ1) is 23.0. The van der Waals surface area contributed by atoms with Crippen LogP contribution in [0, 0.1) is 6.92 Å². The predicted molar refractivity (Wildman–Crippen MR) is 167 cm³/mol. The molecule has 4 aromatic rings. The van der Waals surface area contributed by atoms with Gasteiger partial charge in [-0.15, -0.1) is 5.10 Å². The van der Waals surface area contributed by atoms with E-state index in [9.17, 15) is 32.7 Å². The van der Waals surface area contributed by atoms with E-state index in [4.69, 9.17) is 9.72 Å². The standard InChI is InChI=1S/C32H31F3N8O5/c1-18-17-20(32(33,34)35)4-5-21(18)37-28(45)23-7-6-22-26(40-11-13-41(14-12-40)29(46)25-24(44)3-2-10-36-25)30(47)43-31(42(22)23)38-27(39-43)19-8-15-48-16-9-19/h2-5,8,10,17,23,44H,6-7,9,11-16H2,1H3,(H,37,45)/t23-/m1/s1. The van der Waals surface area contributed by atoms with Crippen LogP contribution < -0.4 is 15.8 Å². The number of pyridine rings is 1.